The molecule has 0 fully saturated rings. The lowest BCUT2D eigenvalue weighted by Gasteiger charge is -1.99. The number of carbonyl (C=O) groups is 1. The third kappa shape index (κ3) is 2.30. The minimum atomic E-state index is -1.08. The lowest BCUT2D eigenvalue weighted by atomic mass is 10.2. The average molecular weight is 233 g/mol. The molecule has 0 atom stereocenters. The van der Waals surface area contributed by atoms with Gasteiger partial charge in [-0.2, -0.15) is 4.98 Å². The number of pyridine rings is 1. The van der Waals surface area contributed by atoms with E-state index >= 15 is 0 Å². The molecule has 0 bridgehead atoms. The summed E-state index contributed by atoms with van der Waals surface area (Å²) in [7, 11) is 0. The largest absolute Gasteiger partial charge is 0.477 e. The van der Waals surface area contributed by atoms with Gasteiger partial charge >= 0.3 is 5.97 Å². The molecule has 0 aromatic carbocycles. The molecular weight excluding hydrogens is 222 g/mol. The molecule has 0 spiro atoms. The van der Waals surface area contributed by atoms with Crippen molar-refractivity contribution < 1.29 is 14.4 Å². The number of aryl methyl sites for hydroxylation is 2. The van der Waals surface area contributed by atoms with Gasteiger partial charge in [-0.1, -0.05) is 12.1 Å². The van der Waals surface area contributed by atoms with Crippen LogP contribution in [0.2, 0.25) is 0 Å². The van der Waals surface area contributed by atoms with E-state index in [4.69, 9.17) is 9.63 Å². The second-order valence-electron chi connectivity index (χ2n) is 3.56. The summed E-state index contributed by atoms with van der Waals surface area (Å²) in [6, 6.07) is 3.13. The molecular formula is C11H11N3O3. The lowest BCUT2D eigenvalue weighted by molar-refractivity contribution is 0.0690. The molecule has 6 heteroatoms. The molecule has 2 heterocycles. The third-order valence-electron chi connectivity index (χ3n) is 2.20. The Morgan fingerprint density at radius 3 is 2.76 bits per heavy atom. The number of carboxylic acids is 1. The summed E-state index contributed by atoms with van der Waals surface area (Å²) in [6.07, 6.45) is 0.666. The normalized spacial score (nSPS) is 10.5. The van der Waals surface area contributed by atoms with Crippen LogP contribution in [0.3, 0.4) is 0 Å². The fraction of sp³-hybridized carbons (Fsp3) is 0.273. The van der Waals surface area contributed by atoms with Crippen LogP contribution in [0.15, 0.2) is 16.7 Å². The van der Waals surface area contributed by atoms with Gasteiger partial charge in [-0.15, -0.1) is 0 Å². The predicted molar refractivity (Wildman–Crippen MR) is 58.6 cm³/mol. The third-order valence-corrected chi connectivity index (χ3v) is 2.20. The van der Waals surface area contributed by atoms with E-state index in [2.05, 4.69) is 15.1 Å². The number of carboxylic acid groups (broad SMARTS) is 1. The summed E-state index contributed by atoms with van der Waals surface area (Å²) in [4.78, 5) is 18.9. The summed E-state index contributed by atoms with van der Waals surface area (Å²) >= 11 is 0. The van der Waals surface area contributed by atoms with Gasteiger partial charge in [0.05, 0.1) is 0 Å². The highest BCUT2D eigenvalue weighted by Crippen LogP contribution is 2.19. The second kappa shape index (κ2) is 4.32. The number of rotatable bonds is 3. The SMILES string of the molecule is CCc1noc(-c2cc(C)nc(C(=O)O)c2)n1. The van der Waals surface area contributed by atoms with Crippen molar-refractivity contribution in [3.63, 3.8) is 0 Å². The Bertz CT molecular complexity index is 563. The molecule has 0 radical (unpaired) electrons. The Hall–Kier alpha value is -2.24. The zero-order valence-electron chi connectivity index (χ0n) is 9.47. The van der Waals surface area contributed by atoms with Crippen molar-refractivity contribution in [1.82, 2.24) is 15.1 Å². The maximum atomic E-state index is 10.9. The molecule has 0 saturated carbocycles. The van der Waals surface area contributed by atoms with Crippen LogP contribution in [0.1, 0.15) is 28.9 Å². The summed E-state index contributed by atoms with van der Waals surface area (Å²) in [5.74, 6) is -0.175. The van der Waals surface area contributed by atoms with Crippen molar-refractivity contribution in [2.45, 2.75) is 20.3 Å². The van der Waals surface area contributed by atoms with Crippen LogP contribution >= 0.6 is 0 Å². The molecule has 0 aliphatic carbocycles. The molecule has 88 valence electrons. The van der Waals surface area contributed by atoms with Crippen molar-refractivity contribution in [2.75, 3.05) is 0 Å². The monoisotopic (exact) mass is 233 g/mol. The number of aromatic nitrogens is 3. The highest BCUT2D eigenvalue weighted by atomic mass is 16.5. The molecule has 0 aliphatic heterocycles. The van der Waals surface area contributed by atoms with Crippen LogP contribution in [0.4, 0.5) is 0 Å². The fourth-order valence-electron chi connectivity index (χ4n) is 1.42. The topological polar surface area (TPSA) is 89.1 Å². The summed E-state index contributed by atoms with van der Waals surface area (Å²) in [6.45, 7) is 3.63. The van der Waals surface area contributed by atoms with Crippen LogP contribution in [-0.2, 0) is 6.42 Å². The van der Waals surface area contributed by atoms with E-state index < -0.39 is 5.97 Å². The predicted octanol–water partition coefficient (Wildman–Crippen LogP) is 1.70. The summed E-state index contributed by atoms with van der Waals surface area (Å²) in [5, 5.41) is 12.7. The Labute approximate surface area is 97.3 Å². The molecule has 0 saturated heterocycles. The fourth-order valence-corrected chi connectivity index (χ4v) is 1.42. The maximum Gasteiger partial charge on any atom is 0.354 e. The first kappa shape index (κ1) is 11.3. The van der Waals surface area contributed by atoms with Crippen molar-refractivity contribution in [1.29, 1.82) is 0 Å². The van der Waals surface area contributed by atoms with Gasteiger partial charge in [0, 0.05) is 17.7 Å². The van der Waals surface area contributed by atoms with Crippen molar-refractivity contribution >= 4 is 5.97 Å². The maximum absolute atomic E-state index is 10.9. The number of aromatic carboxylic acids is 1. The van der Waals surface area contributed by atoms with Gasteiger partial charge in [0.1, 0.15) is 5.69 Å². The van der Waals surface area contributed by atoms with Gasteiger partial charge in [0.25, 0.3) is 5.89 Å². The number of nitrogens with zero attached hydrogens (tertiary/aromatic N) is 3. The average Bonchev–Trinajstić information content (AvgIpc) is 2.76. The van der Waals surface area contributed by atoms with Gasteiger partial charge in [0.15, 0.2) is 5.82 Å². The molecule has 1 N–H and O–H groups in total. The van der Waals surface area contributed by atoms with Crippen molar-refractivity contribution in [2.24, 2.45) is 0 Å². The van der Waals surface area contributed by atoms with Gasteiger partial charge in [-0.05, 0) is 19.1 Å². The van der Waals surface area contributed by atoms with E-state index in [-0.39, 0.29) is 5.69 Å². The minimum absolute atomic E-state index is 0.0313. The second-order valence-corrected chi connectivity index (χ2v) is 3.56. The van der Waals surface area contributed by atoms with E-state index in [0.29, 0.717) is 29.4 Å². The Kier molecular flexibility index (Phi) is 2.86. The van der Waals surface area contributed by atoms with E-state index in [1.807, 2.05) is 6.92 Å². The highest BCUT2D eigenvalue weighted by molar-refractivity contribution is 5.86. The molecule has 0 amide bonds. The van der Waals surface area contributed by atoms with Gasteiger partial charge in [0.2, 0.25) is 0 Å². The summed E-state index contributed by atoms with van der Waals surface area (Å²) in [5.41, 5.74) is 1.13. The van der Waals surface area contributed by atoms with Crippen LogP contribution < -0.4 is 0 Å². The minimum Gasteiger partial charge on any atom is -0.477 e. The zero-order valence-corrected chi connectivity index (χ0v) is 9.47. The smallest absolute Gasteiger partial charge is 0.354 e. The first-order valence-corrected chi connectivity index (χ1v) is 5.15. The molecule has 2 aromatic heterocycles. The molecule has 6 nitrogen and oxygen atoms in total. The van der Waals surface area contributed by atoms with E-state index in [1.54, 1.807) is 13.0 Å². The number of hydrogen-bond donors (Lipinski definition) is 1. The van der Waals surface area contributed by atoms with E-state index in [0.717, 1.165) is 0 Å². The Morgan fingerprint density at radius 2 is 2.18 bits per heavy atom. The quantitative estimate of drug-likeness (QED) is 0.867. The zero-order chi connectivity index (χ0) is 12.4. The highest BCUT2D eigenvalue weighted by Gasteiger charge is 2.13. The van der Waals surface area contributed by atoms with Crippen molar-refractivity contribution in [3.05, 3.63) is 29.3 Å². The standard InChI is InChI=1S/C11H11N3O3/c1-3-9-13-10(17-14-9)7-4-6(2)12-8(5-7)11(15)16/h4-5H,3H2,1-2H3,(H,15,16). The van der Waals surface area contributed by atoms with Crippen LogP contribution in [-0.4, -0.2) is 26.2 Å². The van der Waals surface area contributed by atoms with E-state index in [1.165, 1.54) is 6.07 Å². The van der Waals surface area contributed by atoms with E-state index in [9.17, 15) is 4.79 Å². The molecule has 17 heavy (non-hydrogen) atoms. The molecule has 0 unspecified atom stereocenters. The lowest BCUT2D eigenvalue weighted by Crippen LogP contribution is -2.01. The Morgan fingerprint density at radius 1 is 1.41 bits per heavy atom. The molecule has 2 aromatic rings. The van der Waals surface area contributed by atoms with Crippen LogP contribution in [0.5, 0.6) is 0 Å². The van der Waals surface area contributed by atoms with Gasteiger partial charge in [-0.3, -0.25) is 0 Å². The first-order valence-electron chi connectivity index (χ1n) is 5.15. The van der Waals surface area contributed by atoms with Gasteiger partial charge < -0.3 is 9.63 Å². The molecule has 0 aliphatic rings. The Balaban J connectivity index is 2.47. The van der Waals surface area contributed by atoms with Crippen molar-refractivity contribution in [3.8, 4) is 11.5 Å². The van der Waals surface area contributed by atoms with Gasteiger partial charge in [-0.25, -0.2) is 9.78 Å². The van der Waals surface area contributed by atoms with Crippen LogP contribution in [0.25, 0.3) is 11.5 Å². The van der Waals surface area contributed by atoms with Crippen LogP contribution in [0, 0.1) is 6.92 Å². The summed E-state index contributed by atoms with van der Waals surface area (Å²) < 4.78 is 5.05. The first-order chi connectivity index (χ1) is 8.10. The molecule has 2 rings (SSSR count). The number of hydrogen-bond acceptors (Lipinski definition) is 5.